The summed E-state index contributed by atoms with van der Waals surface area (Å²) in [6.07, 6.45) is 1.90. The van der Waals surface area contributed by atoms with Crippen molar-refractivity contribution < 1.29 is 9.53 Å². The molecule has 0 aliphatic rings. The number of nitriles is 1. The second kappa shape index (κ2) is 7.41. The van der Waals surface area contributed by atoms with E-state index in [1.165, 1.54) is 4.90 Å². The molecular weight excluding hydrogens is 168 g/mol. The molecule has 0 aliphatic carbocycles. The van der Waals surface area contributed by atoms with E-state index < -0.39 is 0 Å². The third-order valence-electron chi connectivity index (χ3n) is 1.59. The van der Waals surface area contributed by atoms with Crippen LogP contribution in [0.3, 0.4) is 0 Å². The van der Waals surface area contributed by atoms with Gasteiger partial charge in [-0.1, -0.05) is 13.3 Å². The van der Waals surface area contributed by atoms with E-state index in [2.05, 4.69) is 0 Å². The van der Waals surface area contributed by atoms with Gasteiger partial charge in [0.2, 0.25) is 0 Å². The fourth-order valence-corrected chi connectivity index (χ4v) is 0.723. The zero-order valence-corrected chi connectivity index (χ0v) is 8.25. The van der Waals surface area contributed by atoms with Gasteiger partial charge in [-0.3, -0.25) is 0 Å². The van der Waals surface area contributed by atoms with Crippen molar-refractivity contribution in [3.8, 4) is 6.07 Å². The second-order valence-corrected chi connectivity index (χ2v) is 2.80. The third kappa shape index (κ3) is 5.97. The summed E-state index contributed by atoms with van der Waals surface area (Å²) >= 11 is 0. The van der Waals surface area contributed by atoms with Crippen molar-refractivity contribution in [3.05, 3.63) is 0 Å². The Labute approximate surface area is 79.1 Å². The van der Waals surface area contributed by atoms with Crippen LogP contribution in [0.15, 0.2) is 0 Å². The Morgan fingerprint density at radius 1 is 1.62 bits per heavy atom. The smallest absolute Gasteiger partial charge is 0.409 e. The lowest BCUT2D eigenvalue weighted by molar-refractivity contribution is 0.110. The minimum Gasteiger partial charge on any atom is -0.449 e. The van der Waals surface area contributed by atoms with Crippen molar-refractivity contribution in [1.29, 1.82) is 5.26 Å². The maximum absolute atomic E-state index is 11.1. The van der Waals surface area contributed by atoms with E-state index in [0.717, 1.165) is 12.8 Å². The van der Waals surface area contributed by atoms with Crippen molar-refractivity contribution in [2.24, 2.45) is 0 Å². The number of rotatable bonds is 5. The lowest BCUT2D eigenvalue weighted by atomic mass is 10.4. The molecule has 0 saturated carbocycles. The number of nitrogens with zero attached hydrogens (tertiary/aromatic N) is 2. The first-order valence-corrected chi connectivity index (χ1v) is 4.47. The topological polar surface area (TPSA) is 53.3 Å². The zero-order valence-electron chi connectivity index (χ0n) is 8.25. The Kier molecular flexibility index (Phi) is 6.70. The maximum atomic E-state index is 11.1. The number of ether oxygens (including phenoxy) is 1. The molecule has 1 amide bonds. The number of hydrogen-bond donors (Lipinski definition) is 0. The maximum Gasteiger partial charge on any atom is 0.409 e. The molecule has 0 saturated heterocycles. The van der Waals surface area contributed by atoms with Gasteiger partial charge in [0.05, 0.1) is 19.1 Å². The molecule has 4 nitrogen and oxygen atoms in total. The highest BCUT2D eigenvalue weighted by atomic mass is 16.6. The molecule has 0 radical (unpaired) electrons. The highest BCUT2D eigenvalue weighted by Crippen LogP contribution is 1.94. The van der Waals surface area contributed by atoms with Crippen molar-refractivity contribution in [2.75, 3.05) is 20.2 Å². The summed E-state index contributed by atoms with van der Waals surface area (Å²) in [5.41, 5.74) is 0. The summed E-state index contributed by atoms with van der Waals surface area (Å²) in [6.45, 7) is 2.93. The summed E-state index contributed by atoms with van der Waals surface area (Å²) in [4.78, 5) is 12.5. The molecule has 0 spiro atoms. The summed E-state index contributed by atoms with van der Waals surface area (Å²) in [5, 5.41) is 8.28. The average Bonchev–Trinajstić information content (AvgIpc) is 2.14. The van der Waals surface area contributed by atoms with Crippen molar-refractivity contribution >= 4 is 6.09 Å². The van der Waals surface area contributed by atoms with Gasteiger partial charge in [0.1, 0.15) is 0 Å². The molecular formula is C9H16N2O2. The number of unbranched alkanes of at least 4 members (excludes halogenated alkanes) is 1. The van der Waals surface area contributed by atoms with Gasteiger partial charge >= 0.3 is 6.09 Å². The van der Waals surface area contributed by atoms with Gasteiger partial charge in [0.15, 0.2) is 0 Å². The first kappa shape index (κ1) is 11.8. The van der Waals surface area contributed by atoms with Crippen LogP contribution in [0.1, 0.15) is 26.2 Å². The quantitative estimate of drug-likeness (QED) is 0.612. The van der Waals surface area contributed by atoms with Crippen LogP contribution >= 0.6 is 0 Å². The summed E-state index contributed by atoms with van der Waals surface area (Å²) in [5.74, 6) is 0. The second-order valence-electron chi connectivity index (χ2n) is 2.80. The summed E-state index contributed by atoms with van der Waals surface area (Å²) < 4.78 is 4.92. The third-order valence-corrected chi connectivity index (χ3v) is 1.59. The van der Waals surface area contributed by atoms with Crippen LogP contribution in [0, 0.1) is 11.3 Å². The fourth-order valence-electron chi connectivity index (χ4n) is 0.723. The minimum absolute atomic E-state index is 0.344. The minimum atomic E-state index is -0.344. The van der Waals surface area contributed by atoms with E-state index in [0.29, 0.717) is 19.6 Å². The monoisotopic (exact) mass is 184 g/mol. The average molecular weight is 184 g/mol. The van der Waals surface area contributed by atoms with E-state index >= 15 is 0 Å². The van der Waals surface area contributed by atoms with E-state index in [-0.39, 0.29) is 6.09 Å². The molecule has 74 valence electrons. The molecule has 0 unspecified atom stereocenters. The summed E-state index contributed by atoms with van der Waals surface area (Å²) in [6, 6.07) is 1.97. The number of carbonyl (C=O) groups excluding carboxylic acids is 1. The predicted molar refractivity (Wildman–Crippen MR) is 49.1 cm³/mol. The first-order chi connectivity index (χ1) is 6.22. The lowest BCUT2D eigenvalue weighted by Gasteiger charge is -2.14. The molecule has 0 aromatic carbocycles. The molecule has 0 fully saturated rings. The van der Waals surface area contributed by atoms with Crippen LogP contribution in [-0.4, -0.2) is 31.2 Å². The zero-order chi connectivity index (χ0) is 10.1. The molecule has 0 atom stereocenters. The van der Waals surface area contributed by atoms with Crippen LogP contribution in [-0.2, 0) is 4.74 Å². The first-order valence-electron chi connectivity index (χ1n) is 4.47. The van der Waals surface area contributed by atoms with Gasteiger partial charge in [-0.2, -0.15) is 5.26 Å². The van der Waals surface area contributed by atoms with Gasteiger partial charge in [-0.15, -0.1) is 0 Å². The van der Waals surface area contributed by atoms with Gasteiger partial charge in [0.25, 0.3) is 0 Å². The molecule has 0 bridgehead atoms. The highest BCUT2D eigenvalue weighted by Gasteiger charge is 2.07. The highest BCUT2D eigenvalue weighted by molar-refractivity contribution is 5.67. The van der Waals surface area contributed by atoms with Gasteiger partial charge in [-0.25, -0.2) is 4.79 Å². The van der Waals surface area contributed by atoms with Crippen molar-refractivity contribution in [3.63, 3.8) is 0 Å². The van der Waals surface area contributed by atoms with Gasteiger partial charge in [0, 0.05) is 13.6 Å². The standard InChI is InChI=1S/C9H16N2O2/c1-3-4-8-13-9(12)11(2)7-5-6-10/h3-5,7-8H2,1-2H3. The van der Waals surface area contributed by atoms with Crippen LogP contribution < -0.4 is 0 Å². The predicted octanol–water partition coefficient (Wildman–Crippen LogP) is 1.77. The van der Waals surface area contributed by atoms with Crippen LogP contribution in [0.2, 0.25) is 0 Å². The van der Waals surface area contributed by atoms with Crippen LogP contribution in [0.5, 0.6) is 0 Å². The Bertz CT molecular complexity index is 187. The molecule has 4 heteroatoms. The van der Waals surface area contributed by atoms with E-state index in [1.807, 2.05) is 13.0 Å². The Morgan fingerprint density at radius 2 is 2.31 bits per heavy atom. The number of amides is 1. The number of hydrogen-bond acceptors (Lipinski definition) is 3. The Balaban J connectivity index is 3.52. The van der Waals surface area contributed by atoms with Crippen molar-refractivity contribution in [2.45, 2.75) is 26.2 Å². The lowest BCUT2D eigenvalue weighted by Crippen LogP contribution is -2.28. The molecule has 0 aromatic rings. The Hall–Kier alpha value is -1.24. The molecule has 13 heavy (non-hydrogen) atoms. The van der Waals surface area contributed by atoms with E-state index in [9.17, 15) is 4.79 Å². The normalized spacial score (nSPS) is 9.00. The molecule has 0 heterocycles. The number of carbonyl (C=O) groups is 1. The molecule has 0 aliphatic heterocycles. The Morgan fingerprint density at radius 3 is 2.85 bits per heavy atom. The SMILES string of the molecule is CCCCOC(=O)N(C)CCC#N. The molecule has 0 rings (SSSR count). The molecule has 0 N–H and O–H groups in total. The summed E-state index contributed by atoms with van der Waals surface area (Å²) in [7, 11) is 1.63. The fraction of sp³-hybridized carbons (Fsp3) is 0.778. The van der Waals surface area contributed by atoms with Gasteiger partial charge < -0.3 is 9.64 Å². The largest absolute Gasteiger partial charge is 0.449 e. The van der Waals surface area contributed by atoms with E-state index in [4.69, 9.17) is 10.00 Å². The van der Waals surface area contributed by atoms with E-state index in [1.54, 1.807) is 7.05 Å². The van der Waals surface area contributed by atoms with Crippen LogP contribution in [0.4, 0.5) is 4.79 Å². The van der Waals surface area contributed by atoms with Crippen molar-refractivity contribution in [1.82, 2.24) is 4.90 Å². The van der Waals surface area contributed by atoms with Gasteiger partial charge in [-0.05, 0) is 6.42 Å². The molecule has 0 aromatic heterocycles. The van der Waals surface area contributed by atoms with Crippen LogP contribution in [0.25, 0.3) is 0 Å².